The fraction of sp³-hybridized carbons (Fsp3) is 0.231. The van der Waals surface area contributed by atoms with Crippen molar-refractivity contribution >= 4 is 23.2 Å². The van der Waals surface area contributed by atoms with E-state index >= 15 is 0 Å². The molecule has 1 atom stereocenters. The number of hydrogen-bond donors (Lipinski definition) is 0. The van der Waals surface area contributed by atoms with E-state index in [1.807, 2.05) is 36.4 Å². The zero-order valence-electron chi connectivity index (χ0n) is 8.70. The van der Waals surface area contributed by atoms with Crippen LogP contribution in [-0.2, 0) is 6.42 Å². The maximum absolute atomic E-state index is 6.15. The van der Waals surface area contributed by atoms with Gasteiger partial charge in [-0.25, -0.2) is 0 Å². The number of hydrogen-bond acceptors (Lipinski definition) is 1. The molecule has 0 bridgehead atoms. The lowest BCUT2D eigenvalue weighted by atomic mass is 9.96. The number of halogens is 2. The van der Waals surface area contributed by atoms with E-state index in [-0.39, 0.29) is 5.92 Å². The molecular weight excluding hydrogens is 243 g/mol. The van der Waals surface area contributed by atoms with Gasteiger partial charge in [0.15, 0.2) is 0 Å². The van der Waals surface area contributed by atoms with Crippen molar-refractivity contribution in [3.8, 4) is 0 Å². The standard InChI is InChI=1S/C13H12Cl2O/c14-9-10(8-11-4-3-7-16-11)12-5-1-2-6-13(12)15/h1-7,10H,8-9H2. The van der Waals surface area contributed by atoms with E-state index in [0.717, 1.165) is 22.8 Å². The molecule has 2 aromatic rings. The third-order valence-electron chi connectivity index (χ3n) is 2.56. The van der Waals surface area contributed by atoms with Crippen molar-refractivity contribution in [2.45, 2.75) is 12.3 Å². The van der Waals surface area contributed by atoms with E-state index < -0.39 is 0 Å². The molecule has 16 heavy (non-hydrogen) atoms. The van der Waals surface area contributed by atoms with E-state index in [9.17, 15) is 0 Å². The van der Waals surface area contributed by atoms with E-state index in [1.165, 1.54) is 0 Å². The van der Waals surface area contributed by atoms with Crippen molar-refractivity contribution in [3.63, 3.8) is 0 Å². The molecule has 0 saturated heterocycles. The maximum atomic E-state index is 6.15. The number of alkyl halides is 1. The summed E-state index contributed by atoms with van der Waals surface area (Å²) < 4.78 is 5.33. The van der Waals surface area contributed by atoms with Crippen molar-refractivity contribution in [1.82, 2.24) is 0 Å². The monoisotopic (exact) mass is 254 g/mol. The smallest absolute Gasteiger partial charge is 0.104 e. The van der Waals surface area contributed by atoms with Crippen LogP contribution in [0.15, 0.2) is 47.1 Å². The molecule has 0 aliphatic carbocycles. The molecule has 1 aromatic carbocycles. The highest BCUT2D eigenvalue weighted by Gasteiger charge is 2.15. The summed E-state index contributed by atoms with van der Waals surface area (Å²) in [6.45, 7) is 0. The maximum Gasteiger partial charge on any atom is 0.104 e. The van der Waals surface area contributed by atoms with Crippen molar-refractivity contribution in [3.05, 3.63) is 59.0 Å². The molecule has 1 nitrogen and oxygen atoms in total. The largest absolute Gasteiger partial charge is 0.469 e. The Morgan fingerprint density at radius 1 is 1.12 bits per heavy atom. The van der Waals surface area contributed by atoms with Crippen LogP contribution in [0.4, 0.5) is 0 Å². The predicted octanol–water partition coefficient (Wildman–Crippen LogP) is 4.50. The topological polar surface area (TPSA) is 13.1 Å². The Balaban J connectivity index is 2.20. The minimum absolute atomic E-state index is 0.196. The van der Waals surface area contributed by atoms with Gasteiger partial charge in [0.25, 0.3) is 0 Å². The highest BCUT2D eigenvalue weighted by atomic mass is 35.5. The zero-order chi connectivity index (χ0) is 11.4. The predicted molar refractivity (Wildman–Crippen MR) is 67.3 cm³/mol. The average molecular weight is 255 g/mol. The van der Waals surface area contributed by atoms with Crippen LogP contribution in [0.25, 0.3) is 0 Å². The van der Waals surface area contributed by atoms with Crippen molar-refractivity contribution in [2.24, 2.45) is 0 Å². The van der Waals surface area contributed by atoms with Gasteiger partial charge in [0.05, 0.1) is 6.26 Å². The summed E-state index contributed by atoms with van der Waals surface area (Å²) in [6.07, 6.45) is 2.45. The molecule has 1 unspecified atom stereocenters. The molecule has 84 valence electrons. The van der Waals surface area contributed by atoms with E-state index in [2.05, 4.69) is 0 Å². The van der Waals surface area contributed by atoms with E-state index in [4.69, 9.17) is 27.6 Å². The van der Waals surface area contributed by atoms with Gasteiger partial charge in [-0.2, -0.15) is 0 Å². The molecule has 0 saturated carbocycles. The molecule has 0 aliphatic heterocycles. The fourth-order valence-electron chi connectivity index (χ4n) is 1.73. The molecule has 2 rings (SSSR count). The first kappa shape index (κ1) is 11.6. The molecule has 0 fully saturated rings. The molecule has 0 amide bonds. The van der Waals surface area contributed by atoms with Crippen LogP contribution in [0.1, 0.15) is 17.2 Å². The lowest BCUT2D eigenvalue weighted by Crippen LogP contribution is -2.04. The third-order valence-corrected chi connectivity index (χ3v) is 3.28. The quantitative estimate of drug-likeness (QED) is 0.733. The van der Waals surface area contributed by atoms with Gasteiger partial charge in [-0.1, -0.05) is 29.8 Å². The normalized spacial score (nSPS) is 12.6. The summed E-state index contributed by atoms with van der Waals surface area (Å²) in [7, 11) is 0. The van der Waals surface area contributed by atoms with Crippen LogP contribution in [0.3, 0.4) is 0 Å². The Labute approximate surface area is 105 Å². The lowest BCUT2D eigenvalue weighted by molar-refractivity contribution is 0.494. The van der Waals surface area contributed by atoms with Crippen LogP contribution in [-0.4, -0.2) is 5.88 Å². The van der Waals surface area contributed by atoms with Gasteiger partial charge in [0.1, 0.15) is 5.76 Å². The highest BCUT2D eigenvalue weighted by Crippen LogP contribution is 2.28. The summed E-state index contributed by atoms with van der Waals surface area (Å²) in [6, 6.07) is 11.6. The first-order valence-electron chi connectivity index (χ1n) is 5.14. The minimum Gasteiger partial charge on any atom is -0.469 e. The molecule has 0 spiro atoms. The number of benzene rings is 1. The first-order valence-corrected chi connectivity index (χ1v) is 6.05. The van der Waals surface area contributed by atoms with Gasteiger partial charge in [0.2, 0.25) is 0 Å². The molecule has 3 heteroatoms. The van der Waals surface area contributed by atoms with Gasteiger partial charge in [-0.3, -0.25) is 0 Å². The molecule has 1 aromatic heterocycles. The van der Waals surface area contributed by atoms with Gasteiger partial charge < -0.3 is 4.42 Å². The van der Waals surface area contributed by atoms with E-state index in [1.54, 1.807) is 6.26 Å². The summed E-state index contributed by atoms with van der Waals surface area (Å²) >= 11 is 12.1. The molecular formula is C13H12Cl2O. The Morgan fingerprint density at radius 3 is 2.56 bits per heavy atom. The summed E-state index contributed by atoms with van der Waals surface area (Å²) in [5.41, 5.74) is 1.08. The second-order valence-corrected chi connectivity index (χ2v) is 4.37. The lowest BCUT2D eigenvalue weighted by Gasteiger charge is -2.14. The van der Waals surface area contributed by atoms with Crippen LogP contribution >= 0.6 is 23.2 Å². The second kappa shape index (κ2) is 5.42. The third kappa shape index (κ3) is 2.60. The Hall–Kier alpha value is -0.920. The zero-order valence-corrected chi connectivity index (χ0v) is 10.2. The SMILES string of the molecule is ClCC(Cc1ccco1)c1ccccc1Cl. The fourth-order valence-corrected chi connectivity index (χ4v) is 2.29. The Bertz CT molecular complexity index is 437. The van der Waals surface area contributed by atoms with Crippen LogP contribution in [0.2, 0.25) is 5.02 Å². The second-order valence-electron chi connectivity index (χ2n) is 3.66. The summed E-state index contributed by atoms with van der Waals surface area (Å²) in [5.74, 6) is 1.66. The summed E-state index contributed by atoms with van der Waals surface area (Å²) in [4.78, 5) is 0. The van der Waals surface area contributed by atoms with Crippen molar-refractivity contribution < 1.29 is 4.42 Å². The Morgan fingerprint density at radius 2 is 1.94 bits per heavy atom. The van der Waals surface area contributed by atoms with Crippen LogP contribution < -0.4 is 0 Å². The Kier molecular flexibility index (Phi) is 3.92. The molecule has 0 radical (unpaired) electrons. The number of furan rings is 1. The molecule has 1 heterocycles. The van der Waals surface area contributed by atoms with Crippen molar-refractivity contribution in [1.29, 1.82) is 0 Å². The number of rotatable bonds is 4. The minimum atomic E-state index is 0.196. The van der Waals surface area contributed by atoms with E-state index in [0.29, 0.717) is 5.88 Å². The summed E-state index contributed by atoms with van der Waals surface area (Å²) in [5, 5.41) is 0.764. The van der Waals surface area contributed by atoms with Gasteiger partial charge in [-0.05, 0) is 23.8 Å². The highest BCUT2D eigenvalue weighted by molar-refractivity contribution is 6.31. The van der Waals surface area contributed by atoms with Gasteiger partial charge in [-0.15, -0.1) is 11.6 Å². The van der Waals surface area contributed by atoms with Gasteiger partial charge in [0, 0.05) is 23.2 Å². The molecule has 0 N–H and O–H groups in total. The first-order chi connectivity index (χ1) is 7.81. The van der Waals surface area contributed by atoms with Gasteiger partial charge >= 0.3 is 0 Å². The van der Waals surface area contributed by atoms with Crippen molar-refractivity contribution in [2.75, 3.05) is 5.88 Å². The molecule has 0 aliphatic rings. The van der Waals surface area contributed by atoms with Crippen LogP contribution in [0.5, 0.6) is 0 Å². The average Bonchev–Trinajstić information content (AvgIpc) is 2.80. The van der Waals surface area contributed by atoms with Crippen LogP contribution in [0, 0.1) is 0 Å².